The van der Waals surface area contributed by atoms with Crippen LogP contribution in [0.2, 0.25) is 0 Å². The summed E-state index contributed by atoms with van der Waals surface area (Å²) >= 11 is 1.47. The molecule has 0 saturated heterocycles. The molecule has 0 fully saturated rings. The van der Waals surface area contributed by atoms with Crippen LogP contribution in [0, 0.1) is 0 Å². The van der Waals surface area contributed by atoms with E-state index in [0.29, 0.717) is 11.4 Å². The molecule has 3 rings (SSSR count). The Kier molecular flexibility index (Phi) is 6.03. The molecule has 7 heteroatoms. The monoisotopic (exact) mass is 387 g/mol. The van der Waals surface area contributed by atoms with Gasteiger partial charge in [-0.3, -0.25) is 9.59 Å². The third-order valence-electron chi connectivity index (χ3n) is 4.26. The molecule has 0 unspecified atom stereocenters. The van der Waals surface area contributed by atoms with Crippen molar-refractivity contribution in [3.05, 3.63) is 54.1 Å². The van der Waals surface area contributed by atoms with Crippen LogP contribution in [0.5, 0.6) is 5.75 Å². The average Bonchev–Trinajstić information content (AvgIpc) is 2.78. The Labute approximate surface area is 162 Å². The second kappa shape index (κ2) is 8.45. The highest BCUT2D eigenvalue weighted by Crippen LogP contribution is 2.46. The van der Waals surface area contributed by atoms with E-state index in [2.05, 4.69) is 0 Å². The molecular weight excluding hydrogens is 366 g/mol. The van der Waals surface area contributed by atoms with Crippen molar-refractivity contribution in [1.29, 1.82) is 0 Å². The SMILES string of the molecule is COc1ccc([C@@H]2Sc3ccccc3N(CCO)C(=O)[C@@H]2OC(C)=O)cc1. The molecule has 2 aromatic carbocycles. The van der Waals surface area contributed by atoms with Crippen molar-refractivity contribution >= 4 is 29.3 Å². The van der Waals surface area contributed by atoms with E-state index in [-0.39, 0.29) is 19.1 Å². The first kappa shape index (κ1) is 19.3. The summed E-state index contributed by atoms with van der Waals surface area (Å²) in [6, 6.07) is 14.8. The summed E-state index contributed by atoms with van der Waals surface area (Å²) in [4.78, 5) is 27.3. The number of anilines is 1. The quantitative estimate of drug-likeness (QED) is 0.795. The van der Waals surface area contributed by atoms with Crippen LogP contribution in [0.1, 0.15) is 17.7 Å². The van der Waals surface area contributed by atoms with Gasteiger partial charge in [0.15, 0.2) is 6.10 Å². The molecular formula is C20H21NO5S. The Balaban J connectivity index is 2.09. The summed E-state index contributed by atoms with van der Waals surface area (Å²) in [5, 5.41) is 9.02. The van der Waals surface area contributed by atoms with Crippen molar-refractivity contribution in [3.8, 4) is 5.75 Å². The summed E-state index contributed by atoms with van der Waals surface area (Å²) in [7, 11) is 1.59. The molecule has 1 aliphatic heterocycles. The van der Waals surface area contributed by atoms with E-state index in [1.165, 1.54) is 23.6 Å². The zero-order chi connectivity index (χ0) is 19.4. The minimum Gasteiger partial charge on any atom is -0.497 e. The maximum Gasteiger partial charge on any atom is 0.303 e. The van der Waals surface area contributed by atoms with Gasteiger partial charge >= 0.3 is 5.97 Å². The van der Waals surface area contributed by atoms with Crippen molar-refractivity contribution in [2.45, 2.75) is 23.2 Å². The number of esters is 1. The topological polar surface area (TPSA) is 76.1 Å². The number of nitrogens with zero attached hydrogens (tertiary/aromatic N) is 1. The first-order chi connectivity index (χ1) is 13.0. The first-order valence-corrected chi connectivity index (χ1v) is 9.42. The van der Waals surface area contributed by atoms with E-state index in [1.54, 1.807) is 7.11 Å². The molecule has 1 aliphatic rings. The summed E-state index contributed by atoms with van der Waals surface area (Å²) in [5.41, 5.74) is 1.55. The number of β-amino-alcohol motifs (C(OH)–C–C–N with tert-alkyl or cyclic N) is 1. The van der Waals surface area contributed by atoms with Crippen molar-refractivity contribution < 1.29 is 24.2 Å². The van der Waals surface area contributed by atoms with Gasteiger partial charge in [0, 0.05) is 18.4 Å². The number of fused-ring (bicyclic) bond motifs is 1. The van der Waals surface area contributed by atoms with Gasteiger partial charge in [-0.1, -0.05) is 24.3 Å². The van der Waals surface area contributed by atoms with E-state index in [4.69, 9.17) is 9.47 Å². The number of rotatable bonds is 5. The van der Waals surface area contributed by atoms with Gasteiger partial charge in [-0.15, -0.1) is 11.8 Å². The third-order valence-corrected chi connectivity index (χ3v) is 5.63. The lowest BCUT2D eigenvalue weighted by Gasteiger charge is -2.27. The van der Waals surface area contributed by atoms with Crippen LogP contribution in [0.4, 0.5) is 5.69 Å². The summed E-state index contributed by atoms with van der Waals surface area (Å²) < 4.78 is 10.7. The average molecular weight is 387 g/mol. The molecule has 0 spiro atoms. The largest absolute Gasteiger partial charge is 0.497 e. The second-order valence-electron chi connectivity index (χ2n) is 6.02. The zero-order valence-electron chi connectivity index (χ0n) is 15.1. The molecule has 0 radical (unpaired) electrons. The van der Waals surface area contributed by atoms with Gasteiger partial charge in [0.25, 0.3) is 5.91 Å². The van der Waals surface area contributed by atoms with Crippen molar-refractivity contribution in [2.75, 3.05) is 25.2 Å². The molecule has 0 saturated carbocycles. The maximum absolute atomic E-state index is 13.2. The van der Waals surface area contributed by atoms with Gasteiger partial charge < -0.3 is 19.5 Å². The number of hydrogen-bond acceptors (Lipinski definition) is 6. The molecule has 1 amide bonds. The molecule has 0 aliphatic carbocycles. The van der Waals surface area contributed by atoms with Gasteiger partial charge in [-0.2, -0.15) is 0 Å². The number of thioether (sulfide) groups is 1. The lowest BCUT2D eigenvalue weighted by atomic mass is 10.1. The fourth-order valence-electron chi connectivity index (χ4n) is 3.04. The molecule has 0 bridgehead atoms. The van der Waals surface area contributed by atoms with E-state index < -0.39 is 17.3 Å². The predicted molar refractivity (Wildman–Crippen MR) is 103 cm³/mol. The Morgan fingerprint density at radius 1 is 1.19 bits per heavy atom. The zero-order valence-corrected chi connectivity index (χ0v) is 15.9. The molecule has 6 nitrogen and oxygen atoms in total. The lowest BCUT2D eigenvalue weighted by Crippen LogP contribution is -2.43. The summed E-state index contributed by atoms with van der Waals surface area (Å²) in [6.45, 7) is 1.23. The first-order valence-electron chi connectivity index (χ1n) is 8.54. The van der Waals surface area contributed by atoms with Gasteiger partial charge in [-0.25, -0.2) is 0 Å². The normalized spacial score (nSPS) is 19.2. The maximum atomic E-state index is 13.2. The highest BCUT2D eigenvalue weighted by Gasteiger charge is 2.40. The number of para-hydroxylation sites is 1. The molecule has 142 valence electrons. The van der Waals surface area contributed by atoms with Crippen LogP contribution in [-0.2, 0) is 14.3 Å². The van der Waals surface area contributed by atoms with Crippen molar-refractivity contribution in [2.24, 2.45) is 0 Å². The number of hydrogen-bond donors (Lipinski definition) is 1. The van der Waals surface area contributed by atoms with E-state index in [9.17, 15) is 14.7 Å². The number of carbonyl (C=O) groups excluding carboxylic acids is 2. The number of aliphatic hydroxyl groups excluding tert-OH is 1. The van der Waals surface area contributed by atoms with Crippen LogP contribution in [-0.4, -0.2) is 43.3 Å². The smallest absolute Gasteiger partial charge is 0.303 e. The van der Waals surface area contributed by atoms with E-state index in [0.717, 1.165) is 10.5 Å². The van der Waals surface area contributed by atoms with Gasteiger partial charge in [0.05, 0.1) is 24.7 Å². The third kappa shape index (κ3) is 4.09. The molecule has 2 aromatic rings. The number of amides is 1. The Morgan fingerprint density at radius 2 is 1.89 bits per heavy atom. The van der Waals surface area contributed by atoms with Crippen LogP contribution < -0.4 is 9.64 Å². The summed E-state index contributed by atoms with van der Waals surface area (Å²) in [5.74, 6) is -0.171. The number of methoxy groups -OCH3 is 1. The summed E-state index contributed by atoms with van der Waals surface area (Å²) in [6.07, 6.45) is -1.00. The lowest BCUT2D eigenvalue weighted by molar-refractivity contribution is -0.152. The second-order valence-corrected chi connectivity index (χ2v) is 7.21. The molecule has 2 atom stereocenters. The Hall–Kier alpha value is -2.51. The standard InChI is InChI=1S/C20H21NO5S/c1-13(23)26-18-19(14-7-9-15(25-2)10-8-14)27-17-6-4-3-5-16(17)21(11-12-22)20(18)24/h3-10,18-19,22H,11-12H2,1-2H3/t18-,19+/m1/s1. The van der Waals surface area contributed by atoms with E-state index in [1.807, 2.05) is 48.5 Å². The van der Waals surface area contributed by atoms with Crippen LogP contribution >= 0.6 is 11.8 Å². The molecule has 27 heavy (non-hydrogen) atoms. The van der Waals surface area contributed by atoms with Crippen LogP contribution in [0.3, 0.4) is 0 Å². The minimum atomic E-state index is -1.00. The number of aliphatic hydroxyl groups is 1. The molecule has 0 aromatic heterocycles. The highest BCUT2D eigenvalue weighted by atomic mass is 32.2. The number of carbonyl (C=O) groups is 2. The van der Waals surface area contributed by atoms with Gasteiger partial charge in [-0.05, 0) is 29.8 Å². The number of ether oxygens (including phenoxy) is 2. The number of benzene rings is 2. The molecule has 1 N–H and O–H groups in total. The Morgan fingerprint density at radius 3 is 2.52 bits per heavy atom. The minimum absolute atomic E-state index is 0.128. The molecule has 1 heterocycles. The fourth-order valence-corrected chi connectivity index (χ4v) is 4.36. The highest BCUT2D eigenvalue weighted by molar-refractivity contribution is 7.99. The predicted octanol–water partition coefficient (Wildman–Crippen LogP) is 2.80. The van der Waals surface area contributed by atoms with Crippen LogP contribution in [0.25, 0.3) is 0 Å². The van der Waals surface area contributed by atoms with Crippen molar-refractivity contribution in [1.82, 2.24) is 0 Å². The van der Waals surface area contributed by atoms with Crippen molar-refractivity contribution in [3.63, 3.8) is 0 Å². The van der Waals surface area contributed by atoms with Crippen LogP contribution in [0.15, 0.2) is 53.4 Å². The fraction of sp³-hybridized carbons (Fsp3) is 0.300. The Bertz CT molecular complexity index is 823. The van der Waals surface area contributed by atoms with Gasteiger partial charge in [0.2, 0.25) is 0 Å². The van der Waals surface area contributed by atoms with Gasteiger partial charge in [0.1, 0.15) is 5.75 Å². The van der Waals surface area contributed by atoms with E-state index >= 15 is 0 Å².